The van der Waals surface area contributed by atoms with Crippen LogP contribution in [-0.2, 0) is 30.4 Å². The first-order valence-corrected chi connectivity index (χ1v) is 14.7. The van der Waals surface area contributed by atoms with Crippen LogP contribution in [0.1, 0.15) is 11.1 Å². The Balaban J connectivity index is 1.99. The molecule has 0 atom stereocenters. The van der Waals surface area contributed by atoms with Crippen molar-refractivity contribution in [2.75, 3.05) is 5.73 Å². The second-order valence-electron chi connectivity index (χ2n) is 8.43. The van der Waals surface area contributed by atoms with Gasteiger partial charge in [-0.05, 0) is 72.1 Å². The smallest absolute Gasteiger partial charge is 0.296 e. The minimum Gasteiger partial charge on any atom is -0.505 e. The van der Waals surface area contributed by atoms with Gasteiger partial charge >= 0.3 is 0 Å². The number of nitrogens with zero attached hydrogens (tertiary/aromatic N) is 2. The van der Waals surface area contributed by atoms with E-state index in [0.717, 1.165) is 30.3 Å². The highest BCUT2D eigenvalue weighted by Gasteiger charge is 2.23. The lowest BCUT2D eigenvalue weighted by Gasteiger charge is -2.12. The minimum atomic E-state index is -4.90. The van der Waals surface area contributed by atoms with Gasteiger partial charge in [0.15, 0.2) is 5.75 Å². The van der Waals surface area contributed by atoms with Crippen LogP contribution in [0.25, 0.3) is 21.5 Å². The van der Waals surface area contributed by atoms with E-state index in [-0.39, 0.29) is 38.5 Å². The molecule has 0 aliphatic rings. The van der Waals surface area contributed by atoms with Gasteiger partial charge in [0.25, 0.3) is 30.4 Å². The number of aryl methyl sites for hydroxylation is 2. The van der Waals surface area contributed by atoms with Crippen LogP contribution in [0, 0.1) is 13.8 Å². The van der Waals surface area contributed by atoms with Crippen molar-refractivity contribution in [3.8, 4) is 5.75 Å². The lowest BCUT2D eigenvalue weighted by Crippen LogP contribution is -2.02. The first kappa shape index (κ1) is 27.4. The van der Waals surface area contributed by atoms with Crippen LogP contribution in [-0.4, -0.2) is 44.0 Å². The van der Waals surface area contributed by atoms with Gasteiger partial charge < -0.3 is 10.8 Å². The number of nitrogen functional groups attached to an aromatic ring is 1. The molecule has 4 aromatic rings. The summed E-state index contributed by atoms with van der Waals surface area (Å²) in [4.78, 5) is -1.76. The average Bonchev–Trinajstić information content (AvgIpc) is 2.75. The molecule has 0 saturated carbocycles. The Kier molecular flexibility index (Phi) is 6.46. The quantitative estimate of drug-likeness (QED) is 0.128. The SMILES string of the molecule is Cc1cc(S(=O)(=O)O)c2cc(N=Nc3c(C)cc4cc(S(=O)(=O)O)cc(N)c4c3O)c(S(=O)(=O)O)cc2c1. The highest BCUT2D eigenvalue weighted by molar-refractivity contribution is 7.86. The molecule has 6 N–H and O–H groups in total. The Hall–Kier alpha value is -3.67. The Morgan fingerprint density at radius 3 is 1.92 bits per heavy atom. The molecule has 4 aromatic carbocycles. The van der Waals surface area contributed by atoms with Crippen molar-refractivity contribution in [3.63, 3.8) is 0 Å². The molecular formula is C22H19N3O10S3. The molecule has 200 valence electrons. The van der Waals surface area contributed by atoms with Crippen molar-refractivity contribution in [1.29, 1.82) is 0 Å². The van der Waals surface area contributed by atoms with E-state index in [0.29, 0.717) is 5.56 Å². The highest BCUT2D eigenvalue weighted by atomic mass is 32.2. The van der Waals surface area contributed by atoms with Crippen LogP contribution in [0.3, 0.4) is 0 Å². The molecule has 0 saturated heterocycles. The maximum absolute atomic E-state index is 12.1. The molecule has 0 aliphatic heterocycles. The number of nitrogens with two attached hydrogens (primary N) is 1. The number of hydrogen-bond donors (Lipinski definition) is 5. The number of benzene rings is 4. The number of fused-ring (bicyclic) bond motifs is 2. The van der Waals surface area contributed by atoms with Crippen LogP contribution in [0.5, 0.6) is 5.75 Å². The zero-order valence-electron chi connectivity index (χ0n) is 19.5. The second kappa shape index (κ2) is 8.97. The summed E-state index contributed by atoms with van der Waals surface area (Å²) in [6.45, 7) is 2.98. The first-order valence-electron chi connectivity index (χ1n) is 10.4. The predicted molar refractivity (Wildman–Crippen MR) is 137 cm³/mol. The number of rotatable bonds is 5. The van der Waals surface area contributed by atoms with E-state index in [1.807, 2.05) is 0 Å². The molecule has 38 heavy (non-hydrogen) atoms. The number of anilines is 1. The summed E-state index contributed by atoms with van der Waals surface area (Å²) in [6.07, 6.45) is 0. The molecule has 16 heteroatoms. The van der Waals surface area contributed by atoms with Crippen molar-refractivity contribution >= 4 is 69.0 Å². The van der Waals surface area contributed by atoms with Gasteiger partial charge in [0.1, 0.15) is 21.2 Å². The third kappa shape index (κ3) is 5.04. The number of azo groups is 1. The third-order valence-corrected chi connectivity index (χ3v) is 8.24. The molecule has 0 radical (unpaired) electrons. The number of aromatic hydroxyl groups is 1. The van der Waals surface area contributed by atoms with Gasteiger partial charge in [0, 0.05) is 16.5 Å². The van der Waals surface area contributed by atoms with E-state index >= 15 is 0 Å². The number of phenolic OH excluding ortho intramolecular Hbond substituents is 1. The van der Waals surface area contributed by atoms with Crippen LogP contribution in [0.4, 0.5) is 17.1 Å². The van der Waals surface area contributed by atoms with Gasteiger partial charge in [0.05, 0.1) is 4.90 Å². The Labute approximate surface area is 216 Å². The number of hydrogen-bond acceptors (Lipinski definition) is 10. The molecule has 0 bridgehead atoms. The van der Waals surface area contributed by atoms with E-state index < -0.39 is 56.5 Å². The summed E-state index contributed by atoms with van der Waals surface area (Å²) >= 11 is 0. The molecule has 0 amide bonds. The highest BCUT2D eigenvalue weighted by Crippen LogP contribution is 2.43. The summed E-state index contributed by atoms with van der Waals surface area (Å²) in [5.74, 6) is -0.549. The monoisotopic (exact) mass is 581 g/mol. The van der Waals surface area contributed by atoms with Crippen LogP contribution in [0.2, 0.25) is 0 Å². The van der Waals surface area contributed by atoms with Gasteiger partial charge in [-0.3, -0.25) is 13.7 Å². The van der Waals surface area contributed by atoms with E-state index in [4.69, 9.17) is 5.73 Å². The predicted octanol–water partition coefficient (Wildman–Crippen LogP) is 4.05. The van der Waals surface area contributed by atoms with Gasteiger partial charge in [0.2, 0.25) is 0 Å². The molecule has 13 nitrogen and oxygen atoms in total. The van der Waals surface area contributed by atoms with Crippen LogP contribution < -0.4 is 5.73 Å². The molecule has 0 fully saturated rings. The first-order chi connectivity index (χ1) is 17.4. The topological polar surface area (TPSA) is 234 Å². The summed E-state index contributed by atoms with van der Waals surface area (Å²) in [5, 5.41) is 18.6. The van der Waals surface area contributed by atoms with E-state index in [2.05, 4.69) is 10.2 Å². The lowest BCUT2D eigenvalue weighted by molar-refractivity contribution is 0.480. The molecule has 0 heterocycles. The van der Waals surface area contributed by atoms with Gasteiger partial charge in [-0.2, -0.15) is 25.3 Å². The molecule has 0 aliphatic carbocycles. The Bertz CT molecular complexity index is 2040. The molecule has 0 aromatic heterocycles. The fourth-order valence-corrected chi connectivity index (χ4v) is 6.00. The summed E-state index contributed by atoms with van der Waals surface area (Å²) in [6, 6.07) is 7.93. The summed E-state index contributed by atoms with van der Waals surface area (Å²) < 4.78 is 99.9. The van der Waals surface area contributed by atoms with Gasteiger partial charge in [-0.15, -0.1) is 10.2 Å². The summed E-state index contributed by atoms with van der Waals surface area (Å²) in [7, 11) is -14.2. The largest absolute Gasteiger partial charge is 0.505 e. The van der Waals surface area contributed by atoms with E-state index in [1.54, 1.807) is 0 Å². The maximum Gasteiger partial charge on any atom is 0.296 e. The minimum absolute atomic E-state index is 0.0328. The second-order valence-corrected chi connectivity index (χ2v) is 12.6. The van der Waals surface area contributed by atoms with E-state index in [1.165, 1.54) is 26.0 Å². The van der Waals surface area contributed by atoms with Crippen molar-refractivity contribution < 1.29 is 44.0 Å². The molecule has 0 unspecified atom stereocenters. The van der Waals surface area contributed by atoms with Crippen molar-refractivity contribution in [3.05, 3.63) is 53.6 Å². The Morgan fingerprint density at radius 1 is 0.711 bits per heavy atom. The zero-order chi connectivity index (χ0) is 28.4. The van der Waals surface area contributed by atoms with Crippen LogP contribution >= 0.6 is 0 Å². The van der Waals surface area contributed by atoms with Crippen molar-refractivity contribution in [2.24, 2.45) is 10.2 Å². The Morgan fingerprint density at radius 2 is 1.34 bits per heavy atom. The third-order valence-electron chi connectivity index (χ3n) is 5.63. The fourth-order valence-electron chi connectivity index (χ4n) is 4.02. The molecule has 4 rings (SSSR count). The van der Waals surface area contributed by atoms with Crippen molar-refractivity contribution in [1.82, 2.24) is 0 Å². The maximum atomic E-state index is 12.1. The zero-order valence-corrected chi connectivity index (χ0v) is 21.9. The average molecular weight is 582 g/mol. The van der Waals surface area contributed by atoms with Gasteiger partial charge in [-0.1, -0.05) is 6.07 Å². The van der Waals surface area contributed by atoms with Crippen LogP contribution in [0.15, 0.2) is 67.4 Å². The lowest BCUT2D eigenvalue weighted by atomic mass is 10.0. The van der Waals surface area contributed by atoms with Gasteiger partial charge in [-0.25, -0.2) is 0 Å². The van der Waals surface area contributed by atoms with E-state index in [9.17, 15) is 44.0 Å². The number of phenols is 1. The standard InChI is InChI=1S/C22H19N3O10S3/c1-10-3-12-7-19(38(33,34)35)17(9-15(12)18(4-10)37(30,31)32)24-25-21-11(2)5-13-6-14(36(27,28)29)8-16(23)20(13)22(21)26/h3-9,26H,23H2,1-2H3,(H,27,28,29)(H,30,31,32)(H,33,34,35). The molecule has 0 spiro atoms. The fraction of sp³-hybridized carbons (Fsp3) is 0.0909. The molecular weight excluding hydrogens is 562 g/mol. The van der Waals surface area contributed by atoms with Crippen molar-refractivity contribution in [2.45, 2.75) is 28.5 Å². The normalized spacial score (nSPS) is 13.1. The summed E-state index contributed by atoms with van der Waals surface area (Å²) in [5.41, 5.74) is 5.57.